The Hall–Kier alpha value is -3.12. The van der Waals surface area contributed by atoms with Crippen molar-refractivity contribution in [1.82, 2.24) is 0 Å². The van der Waals surface area contributed by atoms with Crippen LogP contribution in [0, 0.1) is 0 Å². The molecule has 1 aliphatic heterocycles. The minimum absolute atomic E-state index is 0.138. The number of amidine groups is 1. The fraction of sp³-hybridized carbons (Fsp3) is 0.136. The maximum atomic E-state index is 11.8. The molecule has 2 aliphatic carbocycles. The minimum atomic E-state index is -0.854. The number of benzene rings is 2. The standard InChI is InChI=1S/C22H16N2O3S/c1-12(21(26)27)13-5-7-16(8-6-13)24(22-23-19(25)11-28-22)18-10-15-9-14-3-2-4-17(15)20(14)18/h2-10,12H,11H2,1H3,(H,26,27). The third-order valence-electron chi connectivity index (χ3n) is 5.27. The number of hydrogen-bond acceptors (Lipinski definition) is 4. The number of aliphatic imine (C=N–C) groups is 1. The number of allylic oxidation sites excluding steroid dienone is 1. The topological polar surface area (TPSA) is 70.0 Å². The molecule has 0 saturated carbocycles. The molecule has 0 aromatic heterocycles. The quantitative estimate of drug-likeness (QED) is 0.871. The van der Waals surface area contributed by atoms with Gasteiger partial charge in [0.2, 0.25) is 0 Å². The van der Waals surface area contributed by atoms with Crippen LogP contribution in [0.25, 0.3) is 17.3 Å². The summed E-state index contributed by atoms with van der Waals surface area (Å²) in [5.74, 6) is -1.23. The lowest BCUT2D eigenvalue weighted by atomic mass is 10.0. The summed E-state index contributed by atoms with van der Waals surface area (Å²) in [4.78, 5) is 29.3. The van der Waals surface area contributed by atoms with E-state index in [0.717, 1.165) is 22.2 Å². The van der Waals surface area contributed by atoms with Crippen LogP contribution in [0.5, 0.6) is 0 Å². The van der Waals surface area contributed by atoms with E-state index in [-0.39, 0.29) is 5.91 Å². The van der Waals surface area contributed by atoms with Crippen LogP contribution >= 0.6 is 11.8 Å². The lowest BCUT2D eigenvalue weighted by molar-refractivity contribution is -0.138. The Balaban J connectivity index is 1.66. The monoisotopic (exact) mass is 388 g/mol. The number of hydrogen-bond donors (Lipinski definition) is 1. The Morgan fingerprint density at radius 1 is 1.18 bits per heavy atom. The number of amides is 1. The first-order chi connectivity index (χ1) is 13.5. The van der Waals surface area contributed by atoms with Gasteiger partial charge >= 0.3 is 5.97 Å². The zero-order valence-electron chi connectivity index (χ0n) is 15.0. The molecule has 0 fully saturated rings. The molecule has 138 valence electrons. The maximum Gasteiger partial charge on any atom is 0.310 e. The first-order valence-corrected chi connectivity index (χ1v) is 9.96. The molecule has 0 radical (unpaired) electrons. The summed E-state index contributed by atoms with van der Waals surface area (Å²) in [5, 5.41) is 12.2. The number of thioether (sulfide) groups is 1. The van der Waals surface area contributed by atoms with Gasteiger partial charge in [-0.2, -0.15) is 4.99 Å². The second-order valence-corrected chi connectivity index (χ2v) is 7.91. The van der Waals surface area contributed by atoms with Crippen molar-refractivity contribution in [2.75, 3.05) is 10.7 Å². The van der Waals surface area contributed by atoms with E-state index in [2.05, 4.69) is 29.3 Å². The van der Waals surface area contributed by atoms with Crippen molar-refractivity contribution in [3.05, 3.63) is 70.1 Å². The molecule has 1 atom stereocenters. The first kappa shape index (κ1) is 17.0. The van der Waals surface area contributed by atoms with Crippen LogP contribution < -0.4 is 15.3 Å². The van der Waals surface area contributed by atoms with Crippen molar-refractivity contribution < 1.29 is 14.7 Å². The second-order valence-electron chi connectivity index (χ2n) is 6.96. The molecule has 6 heteroatoms. The van der Waals surface area contributed by atoms with Gasteiger partial charge in [0.15, 0.2) is 5.17 Å². The molecule has 0 spiro atoms. The highest BCUT2D eigenvalue weighted by molar-refractivity contribution is 8.15. The molecule has 0 saturated heterocycles. The lowest BCUT2D eigenvalue weighted by Crippen LogP contribution is -2.35. The summed E-state index contributed by atoms with van der Waals surface area (Å²) < 4.78 is 0. The second kappa shape index (κ2) is 6.21. The van der Waals surface area contributed by atoms with Crippen LogP contribution in [0.2, 0.25) is 0 Å². The summed E-state index contributed by atoms with van der Waals surface area (Å²) in [6.07, 6.45) is 4.29. The van der Waals surface area contributed by atoms with Gasteiger partial charge in [-0.1, -0.05) is 42.1 Å². The van der Waals surface area contributed by atoms with Gasteiger partial charge in [0.05, 0.1) is 17.4 Å². The number of rotatable bonds is 4. The fourth-order valence-electron chi connectivity index (χ4n) is 3.80. The van der Waals surface area contributed by atoms with Gasteiger partial charge in [-0.05, 0) is 53.1 Å². The zero-order valence-corrected chi connectivity index (χ0v) is 15.9. The summed E-state index contributed by atoms with van der Waals surface area (Å²) in [6, 6.07) is 13.7. The number of anilines is 1. The number of carbonyl (C=O) groups excluding carboxylic acids is 1. The highest BCUT2D eigenvalue weighted by atomic mass is 32.2. The van der Waals surface area contributed by atoms with Gasteiger partial charge in [-0.3, -0.25) is 14.5 Å². The van der Waals surface area contributed by atoms with Crippen molar-refractivity contribution in [2.45, 2.75) is 12.8 Å². The minimum Gasteiger partial charge on any atom is -0.481 e. The van der Waals surface area contributed by atoms with E-state index in [9.17, 15) is 14.7 Å². The van der Waals surface area contributed by atoms with Crippen molar-refractivity contribution in [3.63, 3.8) is 0 Å². The Morgan fingerprint density at radius 2 is 1.96 bits per heavy atom. The number of carbonyl (C=O) groups is 2. The molecule has 1 N–H and O–H groups in total. The highest BCUT2D eigenvalue weighted by Crippen LogP contribution is 2.34. The molecule has 5 nitrogen and oxygen atoms in total. The van der Waals surface area contributed by atoms with Gasteiger partial charge in [-0.15, -0.1) is 0 Å². The van der Waals surface area contributed by atoms with Gasteiger partial charge in [0.25, 0.3) is 5.91 Å². The number of nitrogens with zero attached hydrogens (tertiary/aromatic N) is 2. The number of carboxylic acids is 1. The van der Waals surface area contributed by atoms with E-state index in [4.69, 9.17) is 0 Å². The van der Waals surface area contributed by atoms with Crippen LogP contribution in [0.1, 0.15) is 24.0 Å². The van der Waals surface area contributed by atoms with E-state index < -0.39 is 11.9 Å². The number of aliphatic carboxylic acids is 1. The van der Waals surface area contributed by atoms with E-state index in [1.165, 1.54) is 28.1 Å². The molecule has 2 aromatic rings. The van der Waals surface area contributed by atoms with Crippen LogP contribution in [0.3, 0.4) is 0 Å². The molecule has 1 heterocycles. The molecule has 2 aromatic carbocycles. The van der Waals surface area contributed by atoms with E-state index in [1.807, 2.05) is 35.2 Å². The molecule has 3 aliphatic rings. The Bertz CT molecular complexity index is 1230. The van der Waals surface area contributed by atoms with Crippen LogP contribution in [0.15, 0.2) is 53.5 Å². The van der Waals surface area contributed by atoms with Crippen LogP contribution in [-0.4, -0.2) is 27.9 Å². The van der Waals surface area contributed by atoms with Crippen molar-refractivity contribution in [1.29, 1.82) is 0 Å². The van der Waals surface area contributed by atoms with Gasteiger partial charge in [0.1, 0.15) is 0 Å². The molecular weight excluding hydrogens is 372 g/mol. The summed E-state index contributed by atoms with van der Waals surface area (Å²) in [5.41, 5.74) is 4.97. The predicted molar refractivity (Wildman–Crippen MR) is 111 cm³/mol. The SMILES string of the molecule is CC(C(=O)O)c1ccc(N(C2=NC(=O)CS2)C2=c3c4cccc3=CC4=C2)cc1. The normalized spacial score (nSPS) is 17.3. The van der Waals surface area contributed by atoms with Gasteiger partial charge < -0.3 is 5.11 Å². The Labute approximate surface area is 165 Å². The molecule has 1 unspecified atom stereocenters. The molecule has 28 heavy (non-hydrogen) atoms. The van der Waals surface area contributed by atoms with E-state index in [0.29, 0.717) is 10.9 Å². The number of carboxylic acid groups (broad SMARTS) is 1. The molecular formula is C22H16N2O3S. The average molecular weight is 388 g/mol. The Morgan fingerprint density at radius 3 is 2.61 bits per heavy atom. The molecule has 4 bridgehead atoms. The van der Waals surface area contributed by atoms with E-state index >= 15 is 0 Å². The summed E-state index contributed by atoms with van der Waals surface area (Å²) in [6.45, 7) is 1.67. The predicted octanol–water partition coefficient (Wildman–Crippen LogP) is 2.31. The smallest absolute Gasteiger partial charge is 0.310 e. The summed E-state index contributed by atoms with van der Waals surface area (Å²) >= 11 is 1.42. The third-order valence-corrected chi connectivity index (χ3v) is 6.19. The zero-order chi connectivity index (χ0) is 19.4. The molecule has 1 amide bonds. The fourth-order valence-corrected chi connectivity index (χ4v) is 4.61. The van der Waals surface area contributed by atoms with Crippen LogP contribution in [-0.2, 0) is 9.59 Å². The Kier molecular flexibility index (Phi) is 3.77. The highest BCUT2D eigenvalue weighted by Gasteiger charge is 2.29. The maximum absolute atomic E-state index is 11.8. The average Bonchev–Trinajstić information content (AvgIpc) is 3.33. The van der Waals surface area contributed by atoms with Crippen LogP contribution in [0.4, 0.5) is 5.69 Å². The van der Waals surface area contributed by atoms with Gasteiger partial charge in [0, 0.05) is 10.9 Å². The summed E-state index contributed by atoms with van der Waals surface area (Å²) in [7, 11) is 0. The largest absolute Gasteiger partial charge is 0.481 e. The van der Waals surface area contributed by atoms with E-state index in [1.54, 1.807) is 6.92 Å². The van der Waals surface area contributed by atoms with Crippen molar-refractivity contribution in [2.24, 2.45) is 4.99 Å². The van der Waals surface area contributed by atoms with Gasteiger partial charge in [-0.25, -0.2) is 0 Å². The molecule has 5 rings (SSSR count). The third kappa shape index (κ3) is 2.52. The van der Waals surface area contributed by atoms with Crippen molar-refractivity contribution >= 4 is 51.8 Å². The van der Waals surface area contributed by atoms with Crippen molar-refractivity contribution in [3.8, 4) is 0 Å². The first-order valence-electron chi connectivity index (χ1n) is 8.97. The lowest BCUT2D eigenvalue weighted by Gasteiger charge is -2.25.